The second kappa shape index (κ2) is 9.28. The molecule has 1 atom stereocenters. The van der Waals surface area contributed by atoms with Crippen molar-refractivity contribution in [2.75, 3.05) is 12.3 Å². The number of rotatable bonds is 8. The fourth-order valence-corrected chi connectivity index (χ4v) is 5.62. The number of benzene rings is 1. The third kappa shape index (κ3) is 5.60. The molecule has 5 nitrogen and oxygen atoms in total. The van der Waals surface area contributed by atoms with Crippen LogP contribution in [0.3, 0.4) is 0 Å². The Morgan fingerprint density at radius 2 is 2.07 bits per heavy atom. The maximum absolute atomic E-state index is 12.2. The third-order valence-electron chi connectivity index (χ3n) is 4.39. The van der Waals surface area contributed by atoms with Crippen molar-refractivity contribution in [3.05, 3.63) is 44.9 Å². The minimum Gasteiger partial charge on any atom is -0.477 e. The van der Waals surface area contributed by atoms with Crippen LogP contribution in [0.15, 0.2) is 28.7 Å². The van der Waals surface area contributed by atoms with Crippen molar-refractivity contribution in [1.29, 1.82) is 0 Å². The number of carbonyl (C=O) groups excluding carboxylic acids is 1. The van der Waals surface area contributed by atoms with E-state index in [1.54, 1.807) is 6.07 Å². The fraction of sp³-hybridized carbons (Fsp3) is 0.389. The van der Waals surface area contributed by atoms with Crippen molar-refractivity contribution in [3.63, 3.8) is 0 Å². The Morgan fingerprint density at radius 1 is 1.33 bits per heavy atom. The Kier molecular flexibility index (Phi) is 7.03. The number of amides is 1. The van der Waals surface area contributed by atoms with E-state index in [0.717, 1.165) is 28.5 Å². The summed E-state index contributed by atoms with van der Waals surface area (Å²) < 4.78 is 0.747. The summed E-state index contributed by atoms with van der Waals surface area (Å²) in [6.07, 6.45) is 4.38. The Labute approximate surface area is 175 Å². The highest BCUT2D eigenvalue weighted by Gasteiger charge is 2.30. The summed E-state index contributed by atoms with van der Waals surface area (Å²) in [6.45, 7) is 0.644. The normalized spacial score (nSPS) is 16.9. The highest BCUT2D eigenvalue weighted by molar-refractivity contribution is 8.01. The number of nitrogens with zero attached hydrogens (tertiary/aromatic N) is 2. The number of thiazole rings is 1. The molecular weight excluding hydrogens is 427 g/mol. The molecule has 1 aromatic carbocycles. The van der Waals surface area contributed by atoms with Gasteiger partial charge in [0, 0.05) is 34.8 Å². The maximum Gasteiger partial charge on any atom is 0.347 e. The number of carbonyl (C=O) groups is 2. The SMILES string of the molecule is O=C(O)c1cnc(SCCC2CCC(=O)N2CCc2cc(Cl)cc(Cl)c2)s1. The molecule has 1 saturated heterocycles. The lowest BCUT2D eigenvalue weighted by Crippen LogP contribution is -2.35. The van der Waals surface area contributed by atoms with Crippen LogP contribution in [0.4, 0.5) is 0 Å². The maximum atomic E-state index is 12.2. The number of carboxylic acid groups (broad SMARTS) is 1. The van der Waals surface area contributed by atoms with E-state index in [9.17, 15) is 9.59 Å². The number of hydrogen-bond acceptors (Lipinski definition) is 5. The first-order valence-corrected chi connectivity index (χ1v) is 11.0. The van der Waals surface area contributed by atoms with Crippen molar-refractivity contribution in [3.8, 4) is 0 Å². The average molecular weight is 445 g/mol. The van der Waals surface area contributed by atoms with Gasteiger partial charge in [0.15, 0.2) is 4.34 Å². The molecule has 0 spiro atoms. The van der Waals surface area contributed by atoms with Crippen molar-refractivity contribution in [2.24, 2.45) is 0 Å². The first-order valence-electron chi connectivity index (χ1n) is 8.49. The van der Waals surface area contributed by atoms with Crippen LogP contribution in [-0.2, 0) is 11.2 Å². The number of aromatic nitrogens is 1. The van der Waals surface area contributed by atoms with Gasteiger partial charge in [0.05, 0.1) is 6.20 Å². The largest absolute Gasteiger partial charge is 0.477 e. The van der Waals surface area contributed by atoms with Crippen LogP contribution in [0.5, 0.6) is 0 Å². The minimum atomic E-state index is -0.951. The summed E-state index contributed by atoms with van der Waals surface area (Å²) in [4.78, 5) is 29.5. The van der Waals surface area contributed by atoms with Crippen LogP contribution in [0.25, 0.3) is 0 Å². The zero-order valence-electron chi connectivity index (χ0n) is 14.4. The lowest BCUT2D eigenvalue weighted by atomic mass is 10.1. The monoisotopic (exact) mass is 444 g/mol. The van der Waals surface area contributed by atoms with Crippen LogP contribution in [0.2, 0.25) is 10.0 Å². The highest BCUT2D eigenvalue weighted by atomic mass is 35.5. The Bertz CT molecular complexity index is 824. The Balaban J connectivity index is 1.51. The minimum absolute atomic E-state index is 0.181. The number of carboxylic acids is 1. The molecular formula is C18H18Cl2N2O3S2. The molecule has 0 saturated carbocycles. The number of aromatic carboxylic acids is 1. The third-order valence-corrected chi connectivity index (χ3v) is 7.00. The predicted molar refractivity (Wildman–Crippen MR) is 109 cm³/mol. The summed E-state index contributed by atoms with van der Waals surface area (Å²) in [5, 5.41) is 10.1. The first kappa shape index (κ1) is 20.5. The quantitative estimate of drug-likeness (QED) is 0.588. The molecule has 1 aliphatic rings. The van der Waals surface area contributed by atoms with Crippen LogP contribution in [0.1, 0.15) is 34.5 Å². The Hall–Kier alpha value is -1.28. The molecule has 1 aliphatic heterocycles. The van der Waals surface area contributed by atoms with Gasteiger partial charge >= 0.3 is 5.97 Å². The summed E-state index contributed by atoms with van der Waals surface area (Å²) in [5.74, 6) is 0.0258. The van der Waals surface area contributed by atoms with E-state index in [0.29, 0.717) is 29.4 Å². The number of thioether (sulfide) groups is 1. The first-order chi connectivity index (χ1) is 12.9. The zero-order chi connectivity index (χ0) is 19.4. The molecule has 2 aromatic rings. The van der Waals surface area contributed by atoms with E-state index in [1.807, 2.05) is 17.0 Å². The van der Waals surface area contributed by atoms with E-state index in [-0.39, 0.29) is 16.8 Å². The van der Waals surface area contributed by atoms with E-state index in [2.05, 4.69) is 4.98 Å². The van der Waals surface area contributed by atoms with E-state index in [4.69, 9.17) is 28.3 Å². The Morgan fingerprint density at radius 3 is 2.74 bits per heavy atom. The molecule has 9 heteroatoms. The molecule has 1 N–H and O–H groups in total. The van der Waals surface area contributed by atoms with Gasteiger partial charge in [-0.1, -0.05) is 35.0 Å². The standard InChI is InChI=1S/C18H18Cl2N2O3S2/c19-12-7-11(8-13(20)9-12)3-5-22-14(1-2-16(22)23)4-6-26-18-21-10-15(27-18)17(24)25/h7-10,14H,1-6H2,(H,24,25). The topological polar surface area (TPSA) is 70.5 Å². The molecule has 1 fully saturated rings. The van der Waals surface area contributed by atoms with Crippen molar-refractivity contribution in [2.45, 2.75) is 36.1 Å². The summed E-state index contributed by atoms with van der Waals surface area (Å²) >= 11 is 14.8. The number of hydrogen-bond donors (Lipinski definition) is 1. The fourth-order valence-electron chi connectivity index (χ4n) is 3.11. The van der Waals surface area contributed by atoms with Gasteiger partial charge in [-0.15, -0.1) is 11.3 Å². The second-order valence-corrected chi connectivity index (χ2v) is 9.49. The molecule has 3 rings (SSSR count). The van der Waals surface area contributed by atoms with Gasteiger partial charge in [0.2, 0.25) is 5.91 Å². The number of likely N-dealkylation sites (tertiary alicyclic amines) is 1. The molecule has 1 unspecified atom stereocenters. The zero-order valence-corrected chi connectivity index (χ0v) is 17.5. The average Bonchev–Trinajstić information content (AvgIpc) is 3.20. The predicted octanol–water partition coefficient (Wildman–Crippen LogP) is 4.86. The van der Waals surface area contributed by atoms with Gasteiger partial charge < -0.3 is 10.0 Å². The van der Waals surface area contributed by atoms with Gasteiger partial charge in [-0.05, 0) is 43.0 Å². The molecule has 0 aliphatic carbocycles. The molecule has 2 heterocycles. The molecule has 1 amide bonds. The smallest absolute Gasteiger partial charge is 0.347 e. The summed E-state index contributed by atoms with van der Waals surface area (Å²) in [5.41, 5.74) is 1.02. The van der Waals surface area contributed by atoms with Crippen LogP contribution < -0.4 is 0 Å². The lowest BCUT2D eigenvalue weighted by molar-refractivity contribution is -0.128. The van der Waals surface area contributed by atoms with Gasteiger partial charge in [0.1, 0.15) is 4.88 Å². The van der Waals surface area contributed by atoms with Crippen LogP contribution in [-0.4, -0.2) is 45.2 Å². The van der Waals surface area contributed by atoms with Crippen LogP contribution in [0, 0.1) is 0 Å². The highest BCUT2D eigenvalue weighted by Crippen LogP contribution is 2.29. The van der Waals surface area contributed by atoms with Gasteiger partial charge in [-0.2, -0.15) is 0 Å². The van der Waals surface area contributed by atoms with E-state index < -0.39 is 5.97 Å². The summed E-state index contributed by atoms with van der Waals surface area (Å²) in [6, 6.07) is 5.66. The molecule has 144 valence electrons. The van der Waals surface area contributed by atoms with Gasteiger partial charge in [-0.25, -0.2) is 9.78 Å². The lowest BCUT2D eigenvalue weighted by Gasteiger charge is -2.24. The molecule has 0 radical (unpaired) electrons. The van der Waals surface area contributed by atoms with Gasteiger partial charge in [0.25, 0.3) is 0 Å². The molecule has 0 bridgehead atoms. The van der Waals surface area contributed by atoms with Crippen molar-refractivity contribution in [1.82, 2.24) is 9.88 Å². The van der Waals surface area contributed by atoms with Crippen molar-refractivity contribution >= 4 is 58.2 Å². The molecule has 1 aromatic heterocycles. The number of halogens is 2. The van der Waals surface area contributed by atoms with Crippen molar-refractivity contribution < 1.29 is 14.7 Å². The van der Waals surface area contributed by atoms with Gasteiger partial charge in [-0.3, -0.25) is 4.79 Å². The van der Waals surface area contributed by atoms with E-state index >= 15 is 0 Å². The summed E-state index contributed by atoms with van der Waals surface area (Å²) in [7, 11) is 0. The van der Waals surface area contributed by atoms with Crippen LogP contribution >= 0.6 is 46.3 Å². The second-order valence-electron chi connectivity index (χ2n) is 6.24. The molecule has 27 heavy (non-hydrogen) atoms. The van der Waals surface area contributed by atoms with E-state index in [1.165, 1.54) is 29.3 Å².